The van der Waals surface area contributed by atoms with E-state index in [0.717, 1.165) is 31.5 Å². The van der Waals surface area contributed by atoms with Crippen molar-refractivity contribution in [3.63, 3.8) is 0 Å². The van der Waals surface area contributed by atoms with Crippen LogP contribution in [0.15, 0.2) is 12.3 Å². The molecule has 106 valence electrons. The second-order valence-corrected chi connectivity index (χ2v) is 5.01. The summed E-state index contributed by atoms with van der Waals surface area (Å²) in [4.78, 5) is 12.2. The van der Waals surface area contributed by atoms with Crippen LogP contribution in [0.2, 0.25) is 0 Å². The minimum atomic E-state index is 0.0683. The van der Waals surface area contributed by atoms with Crippen LogP contribution in [0.4, 0.5) is 5.82 Å². The van der Waals surface area contributed by atoms with Crippen LogP contribution in [-0.2, 0) is 9.53 Å². The molecule has 0 unspecified atom stereocenters. The number of ether oxygens (including phenoxy) is 1. The number of nitrogens with zero attached hydrogens (tertiary/aromatic N) is 2. The summed E-state index contributed by atoms with van der Waals surface area (Å²) in [5.41, 5.74) is 0. The number of carbonyl (C=O) groups excluding carboxylic acids is 1. The fourth-order valence-electron chi connectivity index (χ4n) is 2.53. The maximum absolute atomic E-state index is 12.2. The third-order valence-electron chi connectivity index (χ3n) is 3.80. The fraction of sp³-hybridized carbons (Fsp3) is 0.714. The predicted molar refractivity (Wildman–Crippen MR) is 74.0 cm³/mol. The Kier molecular flexibility index (Phi) is 4.96. The maximum Gasteiger partial charge on any atom is 0.228 e. The van der Waals surface area contributed by atoms with Crippen LogP contribution in [0.5, 0.6) is 0 Å². The average Bonchev–Trinajstić information content (AvgIpc) is 2.89. The Bertz CT molecular complexity index is 407. The van der Waals surface area contributed by atoms with Gasteiger partial charge in [-0.05, 0) is 25.7 Å². The molecule has 19 heavy (non-hydrogen) atoms. The van der Waals surface area contributed by atoms with Gasteiger partial charge in [0.15, 0.2) is 0 Å². The van der Waals surface area contributed by atoms with Gasteiger partial charge in [-0.2, -0.15) is 5.10 Å². The van der Waals surface area contributed by atoms with Crippen LogP contribution in [0, 0.1) is 5.92 Å². The number of aromatic nitrogens is 2. The smallest absolute Gasteiger partial charge is 0.228 e. The Hall–Kier alpha value is -1.36. The molecule has 1 aliphatic heterocycles. The lowest BCUT2D eigenvalue weighted by molar-refractivity contribution is -0.122. The number of anilines is 1. The normalized spacial score (nSPS) is 16.8. The van der Waals surface area contributed by atoms with Crippen LogP contribution in [-0.4, -0.2) is 28.9 Å². The first-order valence-electron chi connectivity index (χ1n) is 7.18. The zero-order chi connectivity index (χ0) is 13.7. The number of hydrogen-bond donors (Lipinski definition) is 1. The summed E-state index contributed by atoms with van der Waals surface area (Å²) in [5, 5.41) is 7.35. The van der Waals surface area contributed by atoms with E-state index in [2.05, 4.69) is 24.3 Å². The summed E-state index contributed by atoms with van der Waals surface area (Å²) < 4.78 is 7.21. The number of amides is 1. The summed E-state index contributed by atoms with van der Waals surface area (Å²) in [5.74, 6) is 0.972. The molecule has 0 spiro atoms. The quantitative estimate of drug-likeness (QED) is 0.890. The summed E-state index contributed by atoms with van der Waals surface area (Å²) in [6, 6.07) is 2.22. The number of hydrogen-bond acceptors (Lipinski definition) is 3. The molecule has 2 heterocycles. The Balaban J connectivity index is 2.02. The molecule has 0 radical (unpaired) electrons. The van der Waals surface area contributed by atoms with E-state index in [4.69, 9.17) is 4.74 Å². The van der Waals surface area contributed by atoms with E-state index in [0.29, 0.717) is 19.3 Å². The third kappa shape index (κ3) is 3.35. The van der Waals surface area contributed by atoms with Crippen molar-refractivity contribution >= 4 is 11.7 Å². The molecule has 1 aromatic heterocycles. The molecule has 1 N–H and O–H groups in total. The lowest BCUT2D eigenvalue weighted by atomic mass is 9.99. The Labute approximate surface area is 114 Å². The fourth-order valence-corrected chi connectivity index (χ4v) is 2.53. The Morgan fingerprint density at radius 1 is 1.47 bits per heavy atom. The van der Waals surface area contributed by atoms with Crippen molar-refractivity contribution < 1.29 is 9.53 Å². The van der Waals surface area contributed by atoms with Gasteiger partial charge in [-0.1, -0.05) is 13.8 Å². The molecular formula is C14H23N3O2. The second kappa shape index (κ2) is 6.70. The van der Waals surface area contributed by atoms with Crippen molar-refractivity contribution in [2.24, 2.45) is 5.92 Å². The number of rotatable bonds is 5. The van der Waals surface area contributed by atoms with Gasteiger partial charge in [0.2, 0.25) is 5.91 Å². The van der Waals surface area contributed by atoms with Gasteiger partial charge in [0.05, 0.1) is 12.2 Å². The lowest BCUT2D eigenvalue weighted by Crippen LogP contribution is -2.29. The van der Waals surface area contributed by atoms with Gasteiger partial charge in [0, 0.05) is 25.2 Å². The Morgan fingerprint density at radius 3 is 2.79 bits per heavy atom. The molecule has 1 saturated heterocycles. The van der Waals surface area contributed by atoms with Gasteiger partial charge in [0.1, 0.15) is 5.82 Å². The molecule has 1 fully saturated rings. The highest BCUT2D eigenvalue weighted by Gasteiger charge is 2.23. The predicted octanol–water partition coefficient (Wildman–Crippen LogP) is 2.61. The van der Waals surface area contributed by atoms with Gasteiger partial charge >= 0.3 is 0 Å². The third-order valence-corrected chi connectivity index (χ3v) is 3.80. The molecule has 0 saturated carbocycles. The molecular weight excluding hydrogens is 242 g/mol. The highest BCUT2D eigenvalue weighted by atomic mass is 16.5. The van der Waals surface area contributed by atoms with Crippen LogP contribution in [0.1, 0.15) is 45.6 Å². The molecule has 0 bridgehead atoms. The summed E-state index contributed by atoms with van der Waals surface area (Å²) in [6.07, 6.45) is 5.39. The molecule has 1 aliphatic rings. The highest BCUT2D eigenvalue weighted by Crippen LogP contribution is 2.22. The van der Waals surface area contributed by atoms with E-state index >= 15 is 0 Å². The highest BCUT2D eigenvalue weighted by molar-refractivity contribution is 5.91. The summed E-state index contributed by atoms with van der Waals surface area (Å²) in [7, 11) is 0. The first-order valence-corrected chi connectivity index (χ1v) is 7.18. The van der Waals surface area contributed by atoms with Crippen LogP contribution < -0.4 is 5.32 Å². The number of nitrogens with one attached hydrogen (secondary N) is 1. The monoisotopic (exact) mass is 265 g/mol. The van der Waals surface area contributed by atoms with Crippen molar-refractivity contribution in [2.75, 3.05) is 18.5 Å². The lowest BCUT2D eigenvalue weighted by Gasteiger charge is -2.22. The van der Waals surface area contributed by atoms with E-state index in [9.17, 15) is 4.79 Å². The Morgan fingerprint density at radius 2 is 2.16 bits per heavy atom. The minimum absolute atomic E-state index is 0.0683. The molecule has 5 nitrogen and oxygen atoms in total. The molecule has 0 aromatic carbocycles. The van der Waals surface area contributed by atoms with E-state index in [1.165, 1.54) is 0 Å². The first kappa shape index (κ1) is 14.1. The SMILES string of the molecule is CCC(CC)n1nccc1NC(=O)C1CCOCC1. The summed E-state index contributed by atoms with van der Waals surface area (Å²) in [6.45, 7) is 5.65. The molecule has 1 amide bonds. The van der Waals surface area contributed by atoms with Crippen molar-refractivity contribution in [2.45, 2.75) is 45.6 Å². The van der Waals surface area contributed by atoms with Gasteiger partial charge in [-0.15, -0.1) is 0 Å². The zero-order valence-electron chi connectivity index (χ0n) is 11.8. The molecule has 2 rings (SSSR count). The van der Waals surface area contributed by atoms with Crippen LogP contribution >= 0.6 is 0 Å². The minimum Gasteiger partial charge on any atom is -0.381 e. The van der Waals surface area contributed by atoms with E-state index < -0.39 is 0 Å². The van der Waals surface area contributed by atoms with Gasteiger partial charge < -0.3 is 10.1 Å². The van der Waals surface area contributed by atoms with Crippen molar-refractivity contribution in [3.05, 3.63) is 12.3 Å². The van der Waals surface area contributed by atoms with E-state index in [-0.39, 0.29) is 11.8 Å². The second-order valence-electron chi connectivity index (χ2n) is 5.01. The molecule has 5 heteroatoms. The van der Waals surface area contributed by atoms with Crippen molar-refractivity contribution in [1.29, 1.82) is 0 Å². The van der Waals surface area contributed by atoms with Crippen LogP contribution in [0.3, 0.4) is 0 Å². The van der Waals surface area contributed by atoms with Gasteiger partial charge in [-0.3, -0.25) is 4.79 Å². The topological polar surface area (TPSA) is 56.2 Å². The molecule has 0 aliphatic carbocycles. The standard InChI is InChI=1S/C14H23N3O2/c1-3-12(4-2)17-13(5-8-15-17)16-14(18)11-6-9-19-10-7-11/h5,8,11-12H,3-4,6-7,9-10H2,1-2H3,(H,16,18). The van der Waals surface area contributed by atoms with Crippen molar-refractivity contribution in [3.8, 4) is 0 Å². The molecule has 1 aromatic rings. The average molecular weight is 265 g/mol. The van der Waals surface area contributed by atoms with E-state index in [1.54, 1.807) is 6.20 Å². The molecule has 0 atom stereocenters. The zero-order valence-corrected chi connectivity index (χ0v) is 11.8. The largest absolute Gasteiger partial charge is 0.381 e. The van der Waals surface area contributed by atoms with Gasteiger partial charge in [-0.25, -0.2) is 4.68 Å². The van der Waals surface area contributed by atoms with Gasteiger partial charge in [0.25, 0.3) is 0 Å². The van der Waals surface area contributed by atoms with Crippen LogP contribution in [0.25, 0.3) is 0 Å². The number of carbonyl (C=O) groups is 1. The maximum atomic E-state index is 12.2. The van der Waals surface area contributed by atoms with E-state index in [1.807, 2.05) is 10.7 Å². The van der Waals surface area contributed by atoms with Crippen molar-refractivity contribution in [1.82, 2.24) is 9.78 Å². The summed E-state index contributed by atoms with van der Waals surface area (Å²) >= 11 is 0. The first-order chi connectivity index (χ1) is 9.26.